The van der Waals surface area contributed by atoms with Gasteiger partial charge in [-0.25, -0.2) is 12.8 Å². The molecule has 1 aliphatic heterocycles. The SMILES string of the molecule is CCC(C)(C)CCCC[N+](C)(CC)c1ccc2c(c1)N(S(=O)(=O)c1ccc(F)cc1)CCC2. The van der Waals surface area contributed by atoms with Gasteiger partial charge in [-0.1, -0.05) is 33.3 Å². The molecule has 1 atom stereocenters. The molecule has 0 bridgehead atoms. The van der Waals surface area contributed by atoms with E-state index in [1.807, 2.05) is 0 Å². The molecule has 0 spiro atoms. The minimum Gasteiger partial charge on any atom is -0.294 e. The molecule has 4 nitrogen and oxygen atoms in total. The van der Waals surface area contributed by atoms with Crippen molar-refractivity contribution in [1.29, 1.82) is 0 Å². The van der Waals surface area contributed by atoms with E-state index in [0.717, 1.165) is 53.8 Å². The first kappa shape index (κ1) is 25.7. The lowest BCUT2D eigenvalue weighted by Gasteiger charge is -2.36. The summed E-state index contributed by atoms with van der Waals surface area (Å²) in [7, 11) is -1.50. The Kier molecular flexibility index (Phi) is 7.90. The summed E-state index contributed by atoms with van der Waals surface area (Å²) < 4.78 is 42.5. The van der Waals surface area contributed by atoms with Crippen molar-refractivity contribution in [3.8, 4) is 0 Å². The van der Waals surface area contributed by atoms with Gasteiger partial charge in [0.25, 0.3) is 10.0 Å². The van der Waals surface area contributed by atoms with Crippen LogP contribution in [0, 0.1) is 11.2 Å². The average molecular weight is 476 g/mol. The third-order valence-corrected chi connectivity index (χ3v) is 9.41. The van der Waals surface area contributed by atoms with E-state index in [-0.39, 0.29) is 4.90 Å². The van der Waals surface area contributed by atoms with Crippen LogP contribution in [0.15, 0.2) is 47.4 Å². The molecular weight excluding hydrogens is 435 g/mol. The maximum Gasteiger partial charge on any atom is 0.264 e. The third kappa shape index (κ3) is 5.78. The van der Waals surface area contributed by atoms with Crippen molar-refractivity contribution in [3.63, 3.8) is 0 Å². The molecule has 0 saturated carbocycles. The highest BCUT2D eigenvalue weighted by Crippen LogP contribution is 2.37. The molecule has 33 heavy (non-hydrogen) atoms. The number of halogens is 1. The number of hydrogen-bond acceptors (Lipinski definition) is 2. The Bertz CT molecular complexity index is 1050. The summed E-state index contributed by atoms with van der Waals surface area (Å²) in [6.45, 7) is 11.5. The Hall–Kier alpha value is -1.92. The fraction of sp³-hybridized carbons (Fsp3) is 0.556. The van der Waals surface area contributed by atoms with Crippen LogP contribution in [-0.4, -0.2) is 35.1 Å². The smallest absolute Gasteiger partial charge is 0.264 e. The van der Waals surface area contributed by atoms with Gasteiger partial charge < -0.3 is 0 Å². The number of rotatable bonds is 10. The lowest BCUT2D eigenvalue weighted by atomic mass is 9.84. The fourth-order valence-corrected chi connectivity index (χ4v) is 6.09. The number of hydrogen-bond donors (Lipinski definition) is 0. The lowest BCUT2D eigenvalue weighted by Crippen LogP contribution is -2.46. The van der Waals surface area contributed by atoms with Gasteiger partial charge in [0.05, 0.1) is 30.7 Å². The number of aryl methyl sites for hydroxylation is 1. The molecule has 1 unspecified atom stereocenters. The fourth-order valence-electron chi connectivity index (χ4n) is 4.56. The summed E-state index contributed by atoms with van der Waals surface area (Å²) in [5.41, 5.74) is 3.36. The topological polar surface area (TPSA) is 37.4 Å². The number of benzene rings is 2. The normalized spacial score (nSPS) is 16.4. The van der Waals surface area contributed by atoms with Crippen LogP contribution in [0.25, 0.3) is 0 Å². The number of nitrogens with zero attached hydrogens (tertiary/aromatic N) is 2. The van der Waals surface area contributed by atoms with Crippen LogP contribution in [-0.2, 0) is 16.4 Å². The zero-order valence-corrected chi connectivity index (χ0v) is 21.7. The molecule has 6 heteroatoms. The summed E-state index contributed by atoms with van der Waals surface area (Å²) in [4.78, 5) is 0.133. The summed E-state index contributed by atoms with van der Waals surface area (Å²) in [6.07, 6.45) is 6.40. The van der Waals surface area contributed by atoms with Crippen molar-refractivity contribution < 1.29 is 12.8 Å². The summed E-state index contributed by atoms with van der Waals surface area (Å²) in [5, 5.41) is 0. The summed E-state index contributed by atoms with van der Waals surface area (Å²) in [6, 6.07) is 11.5. The van der Waals surface area contributed by atoms with Gasteiger partial charge in [-0.3, -0.25) is 8.79 Å². The number of sulfonamides is 1. The summed E-state index contributed by atoms with van der Waals surface area (Å²) >= 11 is 0. The second kappa shape index (κ2) is 10.1. The molecule has 0 aromatic heterocycles. The van der Waals surface area contributed by atoms with Gasteiger partial charge in [0.15, 0.2) is 0 Å². The van der Waals surface area contributed by atoms with Crippen LogP contribution >= 0.6 is 0 Å². The second-order valence-electron chi connectivity index (χ2n) is 10.4. The number of fused-ring (bicyclic) bond motifs is 1. The Morgan fingerprint density at radius 3 is 2.39 bits per heavy atom. The highest BCUT2D eigenvalue weighted by molar-refractivity contribution is 7.92. The Labute approximate surface area is 200 Å². The van der Waals surface area contributed by atoms with Crippen molar-refractivity contribution in [2.45, 2.75) is 71.1 Å². The van der Waals surface area contributed by atoms with Gasteiger partial charge in [-0.05, 0) is 80.3 Å². The van der Waals surface area contributed by atoms with Crippen LogP contribution in [0.1, 0.15) is 65.4 Å². The maximum absolute atomic E-state index is 13.4. The average Bonchev–Trinajstić information content (AvgIpc) is 2.81. The predicted octanol–water partition coefficient (Wildman–Crippen LogP) is 6.53. The Balaban J connectivity index is 1.87. The molecular formula is C27H40FN2O2S+. The predicted molar refractivity (Wildman–Crippen MR) is 137 cm³/mol. The molecule has 1 aliphatic rings. The van der Waals surface area contributed by atoms with E-state index in [9.17, 15) is 12.8 Å². The summed E-state index contributed by atoms with van der Waals surface area (Å²) in [5.74, 6) is -0.436. The Morgan fingerprint density at radius 2 is 1.76 bits per heavy atom. The van der Waals surface area contributed by atoms with Gasteiger partial charge in [0.2, 0.25) is 0 Å². The van der Waals surface area contributed by atoms with Crippen LogP contribution < -0.4 is 8.79 Å². The first-order chi connectivity index (χ1) is 15.5. The van der Waals surface area contributed by atoms with E-state index in [2.05, 4.69) is 52.9 Å². The number of unbranched alkanes of at least 4 members (excludes halogenated alkanes) is 1. The molecule has 182 valence electrons. The molecule has 0 fully saturated rings. The monoisotopic (exact) mass is 475 g/mol. The third-order valence-electron chi connectivity index (χ3n) is 7.58. The van der Waals surface area contributed by atoms with Crippen molar-refractivity contribution in [3.05, 3.63) is 53.8 Å². The van der Waals surface area contributed by atoms with Gasteiger partial charge >= 0.3 is 0 Å². The molecule has 2 aromatic rings. The van der Waals surface area contributed by atoms with Gasteiger partial charge in [-0.2, -0.15) is 0 Å². The Morgan fingerprint density at radius 1 is 1.06 bits per heavy atom. The van der Waals surface area contributed by atoms with E-state index < -0.39 is 15.8 Å². The molecule has 3 rings (SSSR count). The van der Waals surface area contributed by atoms with E-state index in [1.54, 1.807) is 0 Å². The van der Waals surface area contributed by atoms with E-state index >= 15 is 0 Å². The number of anilines is 1. The van der Waals surface area contributed by atoms with E-state index in [4.69, 9.17) is 0 Å². The first-order valence-corrected chi connectivity index (χ1v) is 13.7. The molecule has 0 saturated heterocycles. The van der Waals surface area contributed by atoms with Crippen molar-refractivity contribution >= 4 is 21.4 Å². The lowest BCUT2D eigenvalue weighted by molar-refractivity contribution is 0.286. The van der Waals surface area contributed by atoms with Crippen molar-refractivity contribution in [1.82, 2.24) is 4.48 Å². The standard InChI is InChI=1S/C27H40FN2O2S/c1-6-27(3,4)18-8-9-20-30(5,7-2)24-15-12-22-11-10-19-29(26(22)21-24)33(31,32)25-16-13-23(28)14-17-25/h12-17,21H,6-11,18-20H2,1-5H3/q+1. The van der Waals surface area contributed by atoms with Crippen molar-refractivity contribution in [2.75, 3.05) is 31.0 Å². The van der Waals surface area contributed by atoms with Crippen LogP contribution in [0.5, 0.6) is 0 Å². The first-order valence-electron chi connectivity index (χ1n) is 12.3. The van der Waals surface area contributed by atoms with Crippen LogP contribution in [0.3, 0.4) is 0 Å². The quantitative estimate of drug-likeness (QED) is 0.289. The van der Waals surface area contributed by atoms with Crippen LogP contribution in [0.4, 0.5) is 15.8 Å². The molecule has 0 radical (unpaired) electrons. The zero-order chi connectivity index (χ0) is 24.3. The zero-order valence-electron chi connectivity index (χ0n) is 20.9. The highest BCUT2D eigenvalue weighted by atomic mass is 32.2. The minimum absolute atomic E-state index is 0.133. The van der Waals surface area contributed by atoms with Gasteiger partial charge in [0, 0.05) is 12.6 Å². The molecule has 2 aromatic carbocycles. The molecule has 1 heterocycles. The van der Waals surface area contributed by atoms with E-state index in [1.165, 1.54) is 47.8 Å². The van der Waals surface area contributed by atoms with Crippen molar-refractivity contribution in [2.24, 2.45) is 5.41 Å². The minimum atomic E-state index is -3.74. The van der Waals surface area contributed by atoms with E-state index in [0.29, 0.717) is 12.0 Å². The highest BCUT2D eigenvalue weighted by Gasteiger charge is 2.32. The molecule has 0 aliphatic carbocycles. The molecule has 0 N–H and O–H groups in total. The van der Waals surface area contributed by atoms with Gasteiger partial charge in [0.1, 0.15) is 11.5 Å². The number of quaternary nitrogens is 1. The molecule has 0 amide bonds. The van der Waals surface area contributed by atoms with Gasteiger partial charge in [-0.15, -0.1) is 0 Å². The second-order valence-corrected chi connectivity index (χ2v) is 12.2. The van der Waals surface area contributed by atoms with Crippen LogP contribution in [0.2, 0.25) is 0 Å². The maximum atomic E-state index is 13.4. The largest absolute Gasteiger partial charge is 0.294 e.